The molecule has 6 nitrogen and oxygen atoms in total. The second kappa shape index (κ2) is 8.61. The van der Waals surface area contributed by atoms with E-state index in [-0.39, 0.29) is 24.1 Å². The Balaban J connectivity index is 1.72. The number of aromatic hydroxyl groups is 1. The van der Waals surface area contributed by atoms with Crippen molar-refractivity contribution in [3.8, 4) is 28.7 Å². The molecule has 0 amide bonds. The minimum atomic E-state index is -0.139. The molecule has 6 heteroatoms. The lowest BCUT2D eigenvalue weighted by molar-refractivity contribution is 0.0980. The molecule has 1 heterocycles. The molecule has 0 atom stereocenters. The van der Waals surface area contributed by atoms with Crippen molar-refractivity contribution < 1.29 is 23.8 Å². The number of phenolic OH excluding ortho intramolecular Hbond substituents is 1. The zero-order valence-corrected chi connectivity index (χ0v) is 16.1. The lowest BCUT2D eigenvalue weighted by Gasteiger charge is -2.13. The topological polar surface area (TPSA) is 81.8 Å². The van der Waals surface area contributed by atoms with Crippen molar-refractivity contribution in [3.05, 3.63) is 60.0 Å². The molecule has 1 N–H and O–H groups in total. The lowest BCUT2D eigenvalue weighted by Crippen LogP contribution is -2.06. The number of carbonyl (C=O) groups excluding carboxylic acids is 1. The summed E-state index contributed by atoms with van der Waals surface area (Å²) < 4.78 is 16.7. The number of ketones is 1. The molecule has 3 aromatic rings. The number of aryl methyl sites for hydroxylation is 1. The molecular formula is C22H23NO5. The molecule has 0 saturated heterocycles. The van der Waals surface area contributed by atoms with Crippen LogP contribution in [0.4, 0.5) is 0 Å². The SMILES string of the molecule is COc1ccc(-c2nc(CCC(=O)c3ccccc3O)co2)cc1OC(C)C. The first-order valence-corrected chi connectivity index (χ1v) is 9.08. The number of hydrogen-bond donors (Lipinski definition) is 1. The van der Waals surface area contributed by atoms with Gasteiger partial charge in [-0.05, 0) is 44.2 Å². The van der Waals surface area contributed by atoms with Gasteiger partial charge in [0.05, 0.1) is 24.5 Å². The van der Waals surface area contributed by atoms with Gasteiger partial charge in [0, 0.05) is 18.4 Å². The van der Waals surface area contributed by atoms with E-state index in [1.807, 2.05) is 26.0 Å². The molecule has 0 aliphatic rings. The number of para-hydroxylation sites is 1. The van der Waals surface area contributed by atoms with Gasteiger partial charge in [0.1, 0.15) is 12.0 Å². The first kappa shape index (κ1) is 19.5. The highest BCUT2D eigenvalue weighted by Gasteiger charge is 2.15. The number of rotatable bonds is 8. The summed E-state index contributed by atoms with van der Waals surface area (Å²) >= 11 is 0. The van der Waals surface area contributed by atoms with Gasteiger partial charge in [0.25, 0.3) is 0 Å². The number of carbonyl (C=O) groups is 1. The molecule has 0 fully saturated rings. The average molecular weight is 381 g/mol. The number of phenols is 1. The van der Waals surface area contributed by atoms with E-state index in [0.29, 0.717) is 35.1 Å². The third kappa shape index (κ3) is 4.52. The van der Waals surface area contributed by atoms with E-state index in [4.69, 9.17) is 13.9 Å². The molecule has 146 valence electrons. The Hall–Kier alpha value is -3.28. The van der Waals surface area contributed by atoms with Crippen LogP contribution in [-0.2, 0) is 6.42 Å². The van der Waals surface area contributed by atoms with Crippen molar-refractivity contribution in [2.45, 2.75) is 32.8 Å². The van der Waals surface area contributed by atoms with E-state index in [1.54, 1.807) is 37.6 Å². The second-order valence-corrected chi connectivity index (χ2v) is 6.62. The first-order chi connectivity index (χ1) is 13.5. The van der Waals surface area contributed by atoms with Gasteiger partial charge in [0.15, 0.2) is 17.3 Å². The maximum atomic E-state index is 12.3. The molecule has 0 bridgehead atoms. The molecule has 0 aliphatic carbocycles. The fraction of sp³-hybridized carbons (Fsp3) is 0.273. The summed E-state index contributed by atoms with van der Waals surface area (Å²) in [6, 6.07) is 12.0. The number of hydrogen-bond acceptors (Lipinski definition) is 6. The number of methoxy groups -OCH3 is 1. The van der Waals surface area contributed by atoms with Gasteiger partial charge < -0.3 is 19.0 Å². The van der Waals surface area contributed by atoms with Gasteiger partial charge in [-0.3, -0.25) is 4.79 Å². The van der Waals surface area contributed by atoms with Crippen LogP contribution in [0.5, 0.6) is 17.2 Å². The van der Waals surface area contributed by atoms with Crippen LogP contribution in [0.3, 0.4) is 0 Å². The third-order valence-corrected chi connectivity index (χ3v) is 4.14. The summed E-state index contributed by atoms with van der Waals surface area (Å²) in [6.07, 6.45) is 2.20. The van der Waals surface area contributed by atoms with Crippen molar-refractivity contribution in [3.63, 3.8) is 0 Å². The second-order valence-electron chi connectivity index (χ2n) is 6.62. The van der Waals surface area contributed by atoms with Crippen LogP contribution in [0.25, 0.3) is 11.5 Å². The minimum absolute atomic E-state index is 0.00434. The highest BCUT2D eigenvalue weighted by molar-refractivity contribution is 5.98. The predicted molar refractivity (Wildman–Crippen MR) is 105 cm³/mol. The Morgan fingerprint density at radius 2 is 1.96 bits per heavy atom. The Kier molecular flexibility index (Phi) is 5.99. The zero-order chi connectivity index (χ0) is 20.1. The number of nitrogens with zero attached hydrogens (tertiary/aromatic N) is 1. The van der Waals surface area contributed by atoms with Crippen LogP contribution in [0, 0.1) is 0 Å². The van der Waals surface area contributed by atoms with Crippen LogP contribution in [0.1, 0.15) is 36.3 Å². The molecule has 0 radical (unpaired) electrons. The normalized spacial score (nSPS) is 10.9. The van der Waals surface area contributed by atoms with Crippen LogP contribution in [0.2, 0.25) is 0 Å². The van der Waals surface area contributed by atoms with E-state index >= 15 is 0 Å². The van der Waals surface area contributed by atoms with Crippen molar-refractivity contribution >= 4 is 5.78 Å². The van der Waals surface area contributed by atoms with Crippen LogP contribution in [-0.4, -0.2) is 29.1 Å². The largest absolute Gasteiger partial charge is 0.507 e. The number of benzene rings is 2. The average Bonchev–Trinajstić information content (AvgIpc) is 3.15. The quantitative estimate of drug-likeness (QED) is 0.572. The van der Waals surface area contributed by atoms with E-state index in [1.165, 1.54) is 6.07 Å². The number of ether oxygens (including phenoxy) is 2. The van der Waals surface area contributed by atoms with Crippen molar-refractivity contribution in [2.24, 2.45) is 0 Å². The lowest BCUT2D eigenvalue weighted by atomic mass is 10.0. The summed E-state index contributed by atoms with van der Waals surface area (Å²) in [5.41, 5.74) is 1.74. The first-order valence-electron chi connectivity index (χ1n) is 9.08. The number of aromatic nitrogens is 1. The summed E-state index contributed by atoms with van der Waals surface area (Å²) in [4.78, 5) is 16.8. The van der Waals surface area contributed by atoms with Crippen LogP contribution >= 0.6 is 0 Å². The summed E-state index contributed by atoms with van der Waals surface area (Å²) in [6.45, 7) is 3.88. The van der Waals surface area contributed by atoms with Crippen LogP contribution < -0.4 is 9.47 Å². The Labute approximate surface area is 163 Å². The molecule has 28 heavy (non-hydrogen) atoms. The van der Waals surface area contributed by atoms with Gasteiger partial charge >= 0.3 is 0 Å². The zero-order valence-electron chi connectivity index (χ0n) is 16.1. The molecule has 2 aromatic carbocycles. The standard InChI is InChI=1S/C22H23NO5/c1-14(2)28-21-12-15(8-11-20(21)26-3)22-23-16(13-27-22)9-10-19(25)17-6-4-5-7-18(17)24/h4-8,11-14,24H,9-10H2,1-3H3. The molecule has 0 unspecified atom stereocenters. The third-order valence-electron chi connectivity index (χ3n) is 4.14. The molecule has 0 spiro atoms. The van der Waals surface area contributed by atoms with Gasteiger partial charge in [-0.15, -0.1) is 0 Å². The minimum Gasteiger partial charge on any atom is -0.507 e. The predicted octanol–water partition coefficient (Wildman–Crippen LogP) is 4.66. The monoisotopic (exact) mass is 381 g/mol. The van der Waals surface area contributed by atoms with E-state index < -0.39 is 0 Å². The highest BCUT2D eigenvalue weighted by Crippen LogP contribution is 2.33. The fourth-order valence-electron chi connectivity index (χ4n) is 2.80. The van der Waals surface area contributed by atoms with Gasteiger partial charge in [-0.2, -0.15) is 0 Å². The Bertz CT molecular complexity index is 961. The van der Waals surface area contributed by atoms with Crippen molar-refractivity contribution in [2.75, 3.05) is 7.11 Å². The summed E-state index contributed by atoms with van der Waals surface area (Å²) in [5.74, 6) is 1.55. The summed E-state index contributed by atoms with van der Waals surface area (Å²) in [7, 11) is 1.59. The van der Waals surface area contributed by atoms with Crippen molar-refractivity contribution in [1.82, 2.24) is 4.98 Å². The Morgan fingerprint density at radius 1 is 1.18 bits per heavy atom. The molecular weight excluding hydrogens is 358 g/mol. The van der Waals surface area contributed by atoms with Crippen molar-refractivity contribution in [1.29, 1.82) is 0 Å². The summed E-state index contributed by atoms with van der Waals surface area (Å²) in [5, 5.41) is 9.78. The highest BCUT2D eigenvalue weighted by atomic mass is 16.5. The van der Waals surface area contributed by atoms with E-state index in [9.17, 15) is 9.90 Å². The number of oxazole rings is 1. The van der Waals surface area contributed by atoms with E-state index in [0.717, 1.165) is 5.56 Å². The smallest absolute Gasteiger partial charge is 0.226 e. The molecule has 0 aliphatic heterocycles. The fourth-order valence-corrected chi connectivity index (χ4v) is 2.80. The van der Waals surface area contributed by atoms with Gasteiger partial charge in [-0.25, -0.2) is 4.98 Å². The number of Topliss-reactive ketones (excluding diaryl/α,β-unsaturated/α-hetero) is 1. The molecule has 1 aromatic heterocycles. The Morgan fingerprint density at radius 3 is 2.68 bits per heavy atom. The maximum absolute atomic E-state index is 12.3. The van der Waals surface area contributed by atoms with E-state index in [2.05, 4.69) is 4.98 Å². The van der Waals surface area contributed by atoms with Gasteiger partial charge in [-0.1, -0.05) is 12.1 Å². The molecule has 3 rings (SSSR count). The maximum Gasteiger partial charge on any atom is 0.226 e. The molecule has 0 saturated carbocycles. The van der Waals surface area contributed by atoms with Crippen LogP contribution in [0.15, 0.2) is 53.1 Å². The van der Waals surface area contributed by atoms with Gasteiger partial charge in [0.2, 0.25) is 5.89 Å².